The molecule has 0 saturated heterocycles. The minimum atomic E-state index is 0.00906. The van der Waals surface area contributed by atoms with E-state index in [0.29, 0.717) is 22.9 Å². The third-order valence-corrected chi connectivity index (χ3v) is 3.40. The van der Waals surface area contributed by atoms with Crippen molar-refractivity contribution in [3.8, 4) is 0 Å². The molecule has 92 valence electrons. The summed E-state index contributed by atoms with van der Waals surface area (Å²) in [5, 5.41) is 10.1. The maximum Gasteiger partial charge on any atom is 0.163 e. The molecule has 1 aromatic carbocycles. The van der Waals surface area contributed by atoms with Gasteiger partial charge in [-0.1, -0.05) is 19.9 Å². The second-order valence-corrected chi connectivity index (χ2v) is 4.99. The van der Waals surface area contributed by atoms with Gasteiger partial charge in [0.25, 0.3) is 0 Å². The number of fused-ring (bicyclic) bond motifs is 1. The summed E-state index contributed by atoms with van der Waals surface area (Å²) in [5.41, 5.74) is 2.21. The van der Waals surface area contributed by atoms with Crippen LogP contribution in [0.15, 0.2) is 18.2 Å². The lowest BCUT2D eigenvalue weighted by Gasteiger charge is -2.32. The average Bonchev–Trinajstić information content (AvgIpc) is 2.33. The Morgan fingerprint density at radius 1 is 1.41 bits per heavy atom. The molecule has 17 heavy (non-hydrogen) atoms. The number of rotatable bonds is 2. The van der Waals surface area contributed by atoms with Crippen LogP contribution in [0.2, 0.25) is 0 Å². The van der Waals surface area contributed by atoms with Gasteiger partial charge in [0.2, 0.25) is 0 Å². The Morgan fingerprint density at radius 2 is 2.12 bits per heavy atom. The molecule has 0 spiro atoms. The summed E-state index contributed by atoms with van der Waals surface area (Å²) >= 11 is 0. The van der Waals surface area contributed by atoms with E-state index >= 15 is 0 Å². The van der Waals surface area contributed by atoms with Crippen molar-refractivity contribution in [1.29, 1.82) is 0 Å². The number of nitrogens with zero attached hydrogens (tertiary/aromatic N) is 1. The van der Waals surface area contributed by atoms with Crippen LogP contribution in [0.25, 0.3) is 0 Å². The number of benzene rings is 1. The number of carbonyl (C=O) groups excluding carboxylic acids is 1. The summed E-state index contributed by atoms with van der Waals surface area (Å²) in [7, 11) is 1.37. The molecule has 0 saturated carbocycles. The van der Waals surface area contributed by atoms with Gasteiger partial charge in [0.15, 0.2) is 5.78 Å². The minimum absolute atomic E-state index is 0.00906. The van der Waals surface area contributed by atoms with Gasteiger partial charge in [0.05, 0.1) is 12.8 Å². The van der Waals surface area contributed by atoms with Crippen molar-refractivity contribution in [2.24, 2.45) is 0 Å². The Bertz CT molecular complexity index is 454. The highest BCUT2D eigenvalue weighted by molar-refractivity contribution is 5.99. The average molecular weight is 235 g/mol. The molecule has 0 aliphatic heterocycles. The topological polar surface area (TPSA) is 49.8 Å². The lowest BCUT2D eigenvalue weighted by Crippen LogP contribution is -2.28. The first kappa shape index (κ1) is 12.1. The van der Waals surface area contributed by atoms with Crippen molar-refractivity contribution in [2.45, 2.75) is 32.1 Å². The zero-order valence-electron chi connectivity index (χ0n) is 10.4. The second kappa shape index (κ2) is 4.13. The van der Waals surface area contributed by atoms with E-state index in [1.54, 1.807) is 12.1 Å². The van der Waals surface area contributed by atoms with Crippen molar-refractivity contribution >= 4 is 11.5 Å². The first-order valence-electron chi connectivity index (χ1n) is 5.66. The lowest BCUT2D eigenvalue weighted by atomic mass is 9.72. The van der Waals surface area contributed by atoms with Crippen LogP contribution in [-0.4, -0.2) is 18.1 Å². The molecule has 0 bridgehead atoms. The SMILES string of the molecule is CON(O)c1ccc2c(c1)C(=O)CCC2(C)C. The Morgan fingerprint density at radius 3 is 2.76 bits per heavy atom. The van der Waals surface area contributed by atoms with Gasteiger partial charge in [-0.15, -0.1) is 5.23 Å². The van der Waals surface area contributed by atoms with Gasteiger partial charge in [-0.2, -0.15) is 0 Å². The zero-order valence-corrected chi connectivity index (χ0v) is 10.4. The maximum absolute atomic E-state index is 11.9. The third kappa shape index (κ3) is 2.06. The number of ketones is 1. The molecule has 0 unspecified atom stereocenters. The summed E-state index contributed by atoms with van der Waals surface area (Å²) in [6.07, 6.45) is 1.42. The molecule has 0 heterocycles. The van der Waals surface area contributed by atoms with E-state index in [2.05, 4.69) is 13.8 Å². The van der Waals surface area contributed by atoms with E-state index in [-0.39, 0.29) is 11.2 Å². The number of hydrogen-bond acceptors (Lipinski definition) is 4. The molecule has 0 fully saturated rings. The molecular formula is C13H17NO3. The standard InChI is InChI=1S/C13H17NO3/c1-13(2)7-6-12(15)10-8-9(14(16)17-3)4-5-11(10)13/h4-5,8,16H,6-7H2,1-3H3. The van der Waals surface area contributed by atoms with Gasteiger partial charge in [0.1, 0.15) is 0 Å². The van der Waals surface area contributed by atoms with Gasteiger partial charge in [-0.3, -0.25) is 14.8 Å². The fraction of sp³-hybridized carbons (Fsp3) is 0.462. The molecule has 0 atom stereocenters. The molecule has 1 aliphatic rings. The van der Waals surface area contributed by atoms with Crippen molar-refractivity contribution in [3.05, 3.63) is 29.3 Å². The van der Waals surface area contributed by atoms with Crippen LogP contribution >= 0.6 is 0 Å². The summed E-state index contributed by atoms with van der Waals surface area (Å²) in [4.78, 5) is 16.6. The van der Waals surface area contributed by atoms with Gasteiger partial charge in [-0.05, 0) is 29.5 Å². The molecule has 2 rings (SSSR count). The molecule has 0 aromatic heterocycles. The fourth-order valence-corrected chi connectivity index (χ4v) is 2.27. The predicted octanol–water partition coefficient (Wildman–Crippen LogP) is 2.70. The highest BCUT2D eigenvalue weighted by atomic mass is 16.9. The van der Waals surface area contributed by atoms with Gasteiger partial charge < -0.3 is 0 Å². The van der Waals surface area contributed by atoms with E-state index in [1.165, 1.54) is 7.11 Å². The fourth-order valence-electron chi connectivity index (χ4n) is 2.27. The number of hydrogen-bond donors (Lipinski definition) is 1. The van der Waals surface area contributed by atoms with Crippen LogP contribution < -0.4 is 5.23 Å². The van der Waals surface area contributed by atoms with Crippen LogP contribution in [-0.2, 0) is 10.3 Å². The Labute approximate surface area is 101 Å². The highest BCUT2D eigenvalue weighted by Crippen LogP contribution is 2.38. The third-order valence-electron chi connectivity index (χ3n) is 3.40. The summed E-state index contributed by atoms with van der Waals surface area (Å²) in [5.74, 6) is 0.130. The van der Waals surface area contributed by atoms with Crippen LogP contribution in [0, 0.1) is 0 Å². The van der Waals surface area contributed by atoms with Gasteiger partial charge >= 0.3 is 0 Å². The molecule has 1 aromatic rings. The second-order valence-electron chi connectivity index (χ2n) is 4.99. The first-order valence-corrected chi connectivity index (χ1v) is 5.66. The monoisotopic (exact) mass is 235 g/mol. The van der Waals surface area contributed by atoms with E-state index in [0.717, 1.165) is 12.0 Å². The van der Waals surface area contributed by atoms with Gasteiger partial charge in [0, 0.05) is 12.0 Å². The van der Waals surface area contributed by atoms with Crippen LogP contribution in [0.5, 0.6) is 0 Å². The highest BCUT2D eigenvalue weighted by Gasteiger charge is 2.31. The smallest absolute Gasteiger partial charge is 0.163 e. The molecule has 1 aliphatic carbocycles. The molecule has 1 N–H and O–H groups in total. The zero-order chi connectivity index (χ0) is 12.6. The maximum atomic E-state index is 11.9. The Kier molecular flexibility index (Phi) is 2.93. The minimum Gasteiger partial charge on any atom is -0.294 e. The van der Waals surface area contributed by atoms with Crippen molar-refractivity contribution in [3.63, 3.8) is 0 Å². The van der Waals surface area contributed by atoms with E-state index < -0.39 is 0 Å². The van der Waals surface area contributed by atoms with Crippen LogP contribution in [0.4, 0.5) is 5.69 Å². The number of Topliss-reactive ketones (excluding diaryl/α,β-unsaturated/α-hetero) is 1. The molecule has 0 radical (unpaired) electrons. The molecular weight excluding hydrogens is 218 g/mol. The predicted molar refractivity (Wildman–Crippen MR) is 64.3 cm³/mol. The van der Waals surface area contributed by atoms with Gasteiger partial charge in [-0.25, -0.2) is 0 Å². The van der Waals surface area contributed by atoms with E-state index in [9.17, 15) is 10.0 Å². The first-order chi connectivity index (χ1) is 7.95. The molecule has 4 heteroatoms. The van der Waals surface area contributed by atoms with E-state index in [1.807, 2.05) is 6.07 Å². The summed E-state index contributed by atoms with van der Waals surface area (Å²) < 4.78 is 0. The number of carbonyl (C=O) groups is 1. The quantitative estimate of drug-likeness (QED) is 0.801. The number of anilines is 1. The Balaban J connectivity index is 2.50. The molecule has 4 nitrogen and oxygen atoms in total. The van der Waals surface area contributed by atoms with Crippen LogP contribution in [0.3, 0.4) is 0 Å². The largest absolute Gasteiger partial charge is 0.294 e. The Hall–Kier alpha value is -1.39. The van der Waals surface area contributed by atoms with E-state index in [4.69, 9.17) is 4.84 Å². The molecule has 0 amide bonds. The summed E-state index contributed by atoms with van der Waals surface area (Å²) in [6.45, 7) is 4.26. The van der Waals surface area contributed by atoms with Crippen LogP contribution in [0.1, 0.15) is 42.6 Å². The van der Waals surface area contributed by atoms with Crippen molar-refractivity contribution in [1.82, 2.24) is 0 Å². The lowest BCUT2D eigenvalue weighted by molar-refractivity contribution is -0.0110. The summed E-state index contributed by atoms with van der Waals surface area (Å²) in [6, 6.07) is 5.33. The van der Waals surface area contributed by atoms with Crippen molar-refractivity contribution in [2.75, 3.05) is 12.3 Å². The van der Waals surface area contributed by atoms with Crippen molar-refractivity contribution < 1.29 is 14.8 Å². The normalized spacial score (nSPS) is 17.8.